The van der Waals surface area contributed by atoms with E-state index in [1.54, 1.807) is 6.92 Å². The molecule has 0 spiro atoms. The standard InChI is InChI=1S/C18H27N5O6S/c1-7-13-12(8(2)24)16(25)23(13)14(17(26)27)15(7)30-9-4-10(20-5-9)11(22-29-3)6-21-18(19)28/h7-10,12-13,20,24H,4-6H2,1-3H3,(H,26,27)(H3,19,21,28)/b22-11+/t7-,8-,9+,10+,12-,13-/m1/s1. The number of nitrogens with two attached hydrogens (primary N) is 1. The number of primary amides is 1. The van der Waals surface area contributed by atoms with Gasteiger partial charge in [-0.2, -0.15) is 0 Å². The summed E-state index contributed by atoms with van der Waals surface area (Å²) < 4.78 is 0. The van der Waals surface area contributed by atoms with Gasteiger partial charge in [0.15, 0.2) is 0 Å². The van der Waals surface area contributed by atoms with E-state index in [0.717, 1.165) is 0 Å². The molecule has 11 nitrogen and oxygen atoms in total. The van der Waals surface area contributed by atoms with E-state index in [4.69, 9.17) is 10.6 Å². The predicted octanol–water partition coefficient (Wildman–Crippen LogP) is -0.725. The number of β-lactam (4-membered cyclic amide) rings is 1. The number of aliphatic hydroxyl groups excluding tert-OH is 1. The van der Waals surface area contributed by atoms with E-state index in [2.05, 4.69) is 15.8 Å². The number of carbonyl (C=O) groups is 3. The first-order valence-electron chi connectivity index (χ1n) is 9.69. The van der Waals surface area contributed by atoms with Crippen LogP contribution < -0.4 is 16.4 Å². The summed E-state index contributed by atoms with van der Waals surface area (Å²) >= 11 is 1.44. The second-order valence-corrected chi connectivity index (χ2v) is 9.03. The zero-order chi connectivity index (χ0) is 22.2. The van der Waals surface area contributed by atoms with E-state index in [1.807, 2.05) is 6.92 Å². The lowest BCUT2D eigenvalue weighted by molar-refractivity contribution is -0.163. The zero-order valence-electron chi connectivity index (χ0n) is 17.0. The summed E-state index contributed by atoms with van der Waals surface area (Å²) in [5.41, 5.74) is 5.72. The van der Waals surface area contributed by atoms with E-state index >= 15 is 0 Å². The maximum atomic E-state index is 12.4. The number of amides is 3. The molecule has 3 amide bonds. The third-order valence-electron chi connectivity index (χ3n) is 5.75. The van der Waals surface area contributed by atoms with Crippen molar-refractivity contribution >= 4 is 35.4 Å². The van der Waals surface area contributed by atoms with Gasteiger partial charge in [-0.15, -0.1) is 11.8 Å². The van der Waals surface area contributed by atoms with E-state index < -0.39 is 24.0 Å². The molecular weight excluding hydrogens is 414 g/mol. The number of nitrogens with one attached hydrogen (secondary N) is 2. The number of aliphatic carboxylic acids is 1. The Morgan fingerprint density at radius 3 is 2.77 bits per heavy atom. The van der Waals surface area contributed by atoms with E-state index in [9.17, 15) is 24.6 Å². The largest absolute Gasteiger partial charge is 0.477 e. The molecule has 0 aromatic heterocycles. The number of thioether (sulfide) groups is 1. The van der Waals surface area contributed by atoms with Gasteiger partial charge in [-0.3, -0.25) is 4.79 Å². The average molecular weight is 442 g/mol. The summed E-state index contributed by atoms with van der Waals surface area (Å²) in [6.07, 6.45) is -0.196. The molecule has 30 heavy (non-hydrogen) atoms. The zero-order valence-corrected chi connectivity index (χ0v) is 17.8. The molecule has 0 aliphatic carbocycles. The fourth-order valence-electron chi connectivity index (χ4n) is 4.42. The Bertz CT molecular complexity index is 800. The molecule has 3 heterocycles. The SMILES string of the molecule is CO/N=C(\CNC(N)=O)[C@@H]1C[C@H](SC2=C(C(=O)O)N3C(=O)[C@H]([C@@H](C)O)[C@H]3[C@H]2C)CN1. The predicted molar refractivity (Wildman–Crippen MR) is 109 cm³/mol. The molecule has 3 aliphatic heterocycles. The Kier molecular flexibility index (Phi) is 6.58. The first-order chi connectivity index (χ1) is 14.2. The van der Waals surface area contributed by atoms with Crippen molar-refractivity contribution in [3.63, 3.8) is 0 Å². The summed E-state index contributed by atoms with van der Waals surface area (Å²) in [6.45, 7) is 4.18. The molecule has 2 fully saturated rings. The molecule has 3 rings (SSSR count). The number of carboxylic acids is 1. The normalized spacial score (nSPS) is 32.0. The first kappa shape index (κ1) is 22.4. The quantitative estimate of drug-likeness (QED) is 0.187. The van der Waals surface area contributed by atoms with Crippen molar-refractivity contribution in [1.82, 2.24) is 15.5 Å². The number of rotatable bonds is 8. The fourth-order valence-corrected chi connectivity index (χ4v) is 5.90. The van der Waals surface area contributed by atoms with Crippen LogP contribution in [0.4, 0.5) is 4.79 Å². The number of aliphatic hydroxyl groups is 1. The number of carboxylic acid groups (broad SMARTS) is 1. The number of carbonyl (C=O) groups excluding carboxylic acids is 2. The van der Waals surface area contributed by atoms with Crippen LogP contribution in [0.15, 0.2) is 15.8 Å². The van der Waals surface area contributed by atoms with E-state index in [0.29, 0.717) is 23.6 Å². The van der Waals surface area contributed by atoms with Crippen LogP contribution in [0.25, 0.3) is 0 Å². The number of urea groups is 1. The van der Waals surface area contributed by atoms with Crippen molar-refractivity contribution in [2.45, 2.75) is 43.7 Å². The van der Waals surface area contributed by atoms with Crippen LogP contribution >= 0.6 is 11.8 Å². The Labute approximate surface area is 178 Å². The van der Waals surface area contributed by atoms with Crippen LogP contribution in [0.2, 0.25) is 0 Å². The molecule has 166 valence electrons. The minimum Gasteiger partial charge on any atom is -0.477 e. The van der Waals surface area contributed by atoms with Gasteiger partial charge < -0.3 is 36.3 Å². The van der Waals surface area contributed by atoms with Gasteiger partial charge in [0.05, 0.1) is 36.4 Å². The molecule has 3 aliphatic rings. The third-order valence-corrected chi connectivity index (χ3v) is 7.26. The van der Waals surface area contributed by atoms with Gasteiger partial charge in [-0.05, 0) is 13.3 Å². The molecule has 6 N–H and O–H groups in total. The Morgan fingerprint density at radius 2 is 2.20 bits per heavy atom. The molecule has 0 aromatic carbocycles. The van der Waals surface area contributed by atoms with E-state index in [-0.39, 0.29) is 41.4 Å². The first-order valence-corrected chi connectivity index (χ1v) is 10.6. The van der Waals surface area contributed by atoms with Crippen molar-refractivity contribution in [1.29, 1.82) is 0 Å². The third kappa shape index (κ3) is 3.98. The molecule has 0 bridgehead atoms. The van der Waals surface area contributed by atoms with Crippen molar-refractivity contribution < 1.29 is 29.4 Å². The van der Waals surface area contributed by atoms with Crippen molar-refractivity contribution in [3.8, 4) is 0 Å². The second kappa shape index (κ2) is 8.82. The lowest BCUT2D eigenvalue weighted by Gasteiger charge is -2.46. The lowest BCUT2D eigenvalue weighted by Crippen LogP contribution is -2.63. The molecule has 12 heteroatoms. The number of oxime groups is 1. The monoisotopic (exact) mass is 441 g/mol. The van der Waals surface area contributed by atoms with Crippen LogP contribution in [-0.4, -0.2) is 82.4 Å². The van der Waals surface area contributed by atoms with Crippen LogP contribution in [-0.2, 0) is 14.4 Å². The van der Waals surface area contributed by atoms with Crippen LogP contribution in [0.5, 0.6) is 0 Å². The summed E-state index contributed by atoms with van der Waals surface area (Å²) in [5.74, 6) is -2.24. The van der Waals surface area contributed by atoms with Gasteiger partial charge in [0.25, 0.3) is 0 Å². The minimum absolute atomic E-state index is 0.0176. The number of hydrogen-bond acceptors (Lipinski definition) is 8. The van der Waals surface area contributed by atoms with E-state index in [1.165, 1.54) is 23.8 Å². The van der Waals surface area contributed by atoms with Gasteiger partial charge in [-0.1, -0.05) is 12.1 Å². The molecule has 0 aromatic rings. The second-order valence-electron chi connectivity index (χ2n) is 7.69. The average Bonchev–Trinajstić information content (AvgIpc) is 3.21. The van der Waals surface area contributed by atoms with Crippen molar-refractivity contribution in [3.05, 3.63) is 10.6 Å². The minimum atomic E-state index is -1.14. The molecular formula is C18H27N5O6S. The summed E-state index contributed by atoms with van der Waals surface area (Å²) in [6, 6.07) is -1.16. The maximum absolute atomic E-state index is 12.4. The topological polar surface area (TPSA) is 167 Å². The van der Waals surface area contributed by atoms with Crippen LogP contribution in [0.3, 0.4) is 0 Å². The van der Waals surface area contributed by atoms with Gasteiger partial charge >= 0.3 is 12.0 Å². The highest BCUT2D eigenvalue weighted by Gasteiger charge is 2.60. The smallest absolute Gasteiger partial charge is 0.353 e. The summed E-state index contributed by atoms with van der Waals surface area (Å²) in [5, 5.41) is 29.5. The van der Waals surface area contributed by atoms with Crippen LogP contribution in [0, 0.1) is 11.8 Å². The highest BCUT2D eigenvalue weighted by molar-refractivity contribution is 8.03. The van der Waals surface area contributed by atoms with Crippen LogP contribution in [0.1, 0.15) is 20.3 Å². The van der Waals surface area contributed by atoms with Gasteiger partial charge in [0.1, 0.15) is 12.8 Å². The van der Waals surface area contributed by atoms with Crippen molar-refractivity contribution in [2.24, 2.45) is 22.7 Å². The fraction of sp³-hybridized carbons (Fsp3) is 0.667. The highest BCUT2D eigenvalue weighted by Crippen LogP contribution is 2.51. The number of nitrogens with zero attached hydrogens (tertiary/aromatic N) is 2. The summed E-state index contributed by atoms with van der Waals surface area (Å²) in [7, 11) is 1.41. The molecule has 0 unspecified atom stereocenters. The van der Waals surface area contributed by atoms with Gasteiger partial charge in [0, 0.05) is 22.6 Å². The highest BCUT2D eigenvalue weighted by atomic mass is 32.2. The molecule has 2 saturated heterocycles. The Morgan fingerprint density at radius 1 is 1.50 bits per heavy atom. The number of hydrogen-bond donors (Lipinski definition) is 5. The number of fused-ring (bicyclic) bond motifs is 1. The van der Waals surface area contributed by atoms with Gasteiger partial charge in [-0.25, -0.2) is 9.59 Å². The lowest BCUT2D eigenvalue weighted by atomic mass is 9.79. The van der Waals surface area contributed by atoms with Crippen molar-refractivity contribution in [2.75, 3.05) is 20.2 Å². The van der Waals surface area contributed by atoms with Gasteiger partial charge in [0.2, 0.25) is 5.91 Å². The Hall–Kier alpha value is -2.31. The Balaban J connectivity index is 1.73. The molecule has 6 atom stereocenters. The molecule has 0 saturated carbocycles. The molecule has 0 radical (unpaired) electrons. The maximum Gasteiger partial charge on any atom is 0.353 e. The summed E-state index contributed by atoms with van der Waals surface area (Å²) in [4.78, 5) is 42.2.